The smallest absolute Gasteiger partial charge is 0.357 e. The molecule has 0 bridgehead atoms. The Balaban J connectivity index is 1.27. The number of thiazole rings is 1. The molecule has 0 radical (unpaired) electrons. The minimum absolute atomic E-state index is 0.00949. The number of piperazine rings is 1. The second-order valence-corrected chi connectivity index (χ2v) is 10.8. The topological polar surface area (TPSA) is 115 Å². The fourth-order valence-electron chi connectivity index (χ4n) is 4.88. The summed E-state index contributed by atoms with van der Waals surface area (Å²) in [7, 11) is 0. The Labute approximate surface area is 242 Å². The molecule has 4 aromatic rings. The fourth-order valence-corrected chi connectivity index (χ4v) is 5.56. The minimum atomic E-state index is -0.514. The highest BCUT2D eigenvalue weighted by atomic mass is 32.1. The van der Waals surface area contributed by atoms with E-state index >= 15 is 0 Å². The molecule has 0 saturated carbocycles. The summed E-state index contributed by atoms with van der Waals surface area (Å²) in [5.41, 5.74) is 2.71. The number of aromatic nitrogens is 4. The predicted molar refractivity (Wildman–Crippen MR) is 158 cm³/mol. The van der Waals surface area contributed by atoms with Gasteiger partial charge in [0.2, 0.25) is 5.91 Å². The van der Waals surface area contributed by atoms with Crippen molar-refractivity contribution < 1.29 is 14.3 Å². The summed E-state index contributed by atoms with van der Waals surface area (Å²) in [6.07, 6.45) is 1.55. The number of nitrogens with one attached hydrogen (secondary N) is 1. The third kappa shape index (κ3) is 6.23. The van der Waals surface area contributed by atoms with Crippen molar-refractivity contribution in [2.45, 2.75) is 32.9 Å². The maximum atomic E-state index is 13.6. The first-order valence-electron chi connectivity index (χ1n) is 13.6. The van der Waals surface area contributed by atoms with E-state index in [4.69, 9.17) is 4.74 Å². The molecule has 1 atom stereocenters. The molecule has 1 aliphatic rings. The van der Waals surface area contributed by atoms with Crippen LogP contribution in [0, 0.1) is 0 Å². The maximum absolute atomic E-state index is 13.6. The Kier molecular flexibility index (Phi) is 8.60. The first-order valence-corrected chi connectivity index (χ1v) is 14.5. The van der Waals surface area contributed by atoms with Crippen LogP contribution in [0.3, 0.4) is 0 Å². The molecule has 214 valence electrons. The molecule has 1 fully saturated rings. The summed E-state index contributed by atoms with van der Waals surface area (Å²) in [6.45, 7) is 8.63. The van der Waals surface area contributed by atoms with Crippen LogP contribution in [0.4, 0.5) is 10.8 Å². The summed E-state index contributed by atoms with van der Waals surface area (Å²) >= 11 is 1.19. The number of hydrogen-bond donors (Lipinski definition) is 1. The molecular formula is C29H33N7O4S. The van der Waals surface area contributed by atoms with Gasteiger partial charge >= 0.3 is 11.7 Å². The Hall–Kier alpha value is -4.29. The number of nitrogens with zero attached hydrogens (tertiary/aromatic N) is 6. The number of esters is 1. The van der Waals surface area contributed by atoms with Crippen molar-refractivity contribution in [2.75, 3.05) is 43.0 Å². The third-order valence-electron chi connectivity index (χ3n) is 6.94. The molecule has 2 aromatic carbocycles. The molecule has 1 amide bonds. The molecule has 5 rings (SSSR count). The molecule has 0 aliphatic carbocycles. The number of carbonyl (C=O) groups excluding carboxylic acids is 2. The normalized spacial score (nSPS) is 14.7. The molecule has 3 heterocycles. The number of anilines is 2. The van der Waals surface area contributed by atoms with Crippen LogP contribution in [0.2, 0.25) is 0 Å². The second kappa shape index (κ2) is 12.5. The Morgan fingerprint density at radius 1 is 1.00 bits per heavy atom. The molecule has 12 heteroatoms. The number of ether oxygens (including phenoxy) is 1. The third-order valence-corrected chi connectivity index (χ3v) is 7.70. The molecule has 2 aromatic heterocycles. The summed E-state index contributed by atoms with van der Waals surface area (Å²) < 4.78 is 8.01. The monoisotopic (exact) mass is 575 g/mol. The van der Waals surface area contributed by atoms with Gasteiger partial charge in [-0.05, 0) is 50.6 Å². The molecular weight excluding hydrogens is 542 g/mol. The van der Waals surface area contributed by atoms with Gasteiger partial charge in [-0.25, -0.2) is 23.8 Å². The SMILES string of the molecule is CCOC(=O)c1csc(NC(=O)C(c2ccccc2)N2CCN(c3ccc(-n4cnn(C(C)C)c4=O)cc3)CC2)n1. The van der Waals surface area contributed by atoms with Gasteiger partial charge in [0.05, 0.1) is 18.3 Å². The summed E-state index contributed by atoms with van der Waals surface area (Å²) in [5, 5.41) is 9.05. The van der Waals surface area contributed by atoms with Gasteiger partial charge in [-0.2, -0.15) is 5.10 Å². The molecule has 1 unspecified atom stereocenters. The Bertz CT molecular complexity index is 1540. The number of amides is 1. The van der Waals surface area contributed by atoms with E-state index in [9.17, 15) is 14.4 Å². The standard InChI is InChI=1S/C29H33N7O4S/c1-4-40-27(38)24-18-41-28(31-24)32-26(37)25(21-8-6-5-7-9-21)34-16-14-33(15-17-34)22-10-12-23(13-11-22)35-19-30-36(20(2)3)29(35)39/h5-13,18-20,25H,4,14-17H2,1-3H3,(H,31,32,37). The predicted octanol–water partition coefficient (Wildman–Crippen LogP) is 3.75. The lowest BCUT2D eigenvalue weighted by molar-refractivity contribution is -0.121. The van der Waals surface area contributed by atoms with Crippen molar-refractivity contribution in [2.24, 2.45) is 0 Å². The lowest BCUT2D eigenvalue weighted by Crippen LogP contribution is -2.50. The van der Waals surface area contributed by atoms with Crippen LogP contribution in [-0.2, 0) is 9.53 Å². The van der Waals surface area contributed by atoms with Crippen molar-refractivity contribution in [1.82, 2.24) is 24.2 Å². The van der Waals surface area contributed by atoms with Gasteiger partial charge in [0.25, 0.3) is 0 Å². The van der Waals surface area contributed by atoms with Gasteiger partial charge in [-0.1, -0.05) is 30.3 Å². The van der Waals surface area contributed by atoms with E-state index in [1.54, 1.807) is 23.2 Å². The van der Waals surface area contributed by atoms with E-state index in [2.05, 4.69) is 25.2 Å². The zero-order valence-electron chi connectivity index (χ0n) is 23.3. The highest BCUT2D eigenvalue weighted by molar-refractivity contribution is 7.14. The van der Waals surface area contributed by atoms with E-state index in [0.717, 1.165) is 30.0 Å². The van der Waals surface area contributed by atoms with E-state index in [1.807, 2.05) is 68.4 Å². The van der Waals surface area contributed by atoms with Crippen molar-refractivity contribution in [3.8, 4) is 5.69 Å². The Morgan fingerprint density at radius 3 is 2.32 bits per heavy atom. The molecule has 1 aliphatic heterocycles. The number of rotatable bonds is 9. The first-order chi connectivity index (χ1) is 19.9. The van der Waals surface area contributed by atoms with Crippen LogP contribution < -0.4 is 15.9 Å². The van der Waals surface area contributed by atoms with Gasteiger partial charge < -0.3 is 15.0 Å². The van der Waals surface area contributed by atoms with Crippen molar-refractivity contribution in [3.63, 3.8) is 0 Å². The Morgan fingerprint density at radius 2 is 1.68 bits per heavy atom. The second-order valence-electron chi connectivity index (χ2n) is 9.92. The van der Waals surface area contributed by atoms with Crippen LogP contribution in [0.1, 0.15) is 48.9 Å². The molecule has 1 N–H and O–H groups in total. The lowest BCUT2D eigenvalue weighted by Gasteiger charge is -2.39. The molecule has 11 nitrogen and oxygen atoms in total. The largest absolute Gasteiger partial charge is 0.461 e. The van der Waals surface area contributed by atoms with Crippen LogP contribution in [0.15, 0.2) is 71.1 Å². The molecule has 41 heavy (non-hydrogen) atoms. The van der Waals surface area contributed by atoms with E-state index in [0.29, 0.717) is 18.2 Å². The van der Waals surface area contributed by atoms with Crippen molar-refractivity contribution >= 4 is 34.0 Å². The zero-order chi connectivity index (χ0) is 28.9. The highest BCUT2D eigenvalue weighted by Crippen LogP contribution is 2.27. The average molecular weight is 576 g/mol. The number of carbonyl (C=O) groups is 2. The van der Waals surface area contributed by atoms with Crippen LogP contribution >= 0.6 is 11.3 Å². The summed E-state index contributed by atoms with van der Waals surface area (Å²) in [4.78, 5) is 46.9. The zero-order valence-corrected chi connectivity index (χ0v) is 24.1. The van der Waals surface area contributed by atoms with Gasteiger partial charge in [-0.15, -0.1) is 11.3 Å². The minimum Gasteiger partial charge on any atom is -0.461 e. The van der Waals surface area contributed by atoms with Crippen molar-refractivity contribution in [1.29, 1.82) is 0 Å². The van der Waals surface area contributed by atoms with E-state index < -0.39 is 12.0 Å². The average Bonchev–Trinajstić information content (AvgIpc) is 3.61. The van der Waals surface area contributed by atoms with Crippen LogP contribution in [0.5, 0.6) is 0 Å². The van der Waals surface area contributed by atoms with Gasteiger partial charge in [0.1, 0.15) is 12.4 Å². The number of hydrogen-bond acceptors (Lipinski definition) is 9. The van der Waals surface area contributed by atoms with Crippen molar-refractivity contribution in [3.05, 3.63) is 88.0 Å². The highest BCUT2D eigenvalue weighted by Gasteiger charge is 2.31. The van der Waals surface area contributed by atoms with Gasteiger partial charge in [-0.3, -0.25) is 9.69 Å². The van der Waals surface area contributed by atoms with Crippen LogP contribution in [0.25, 0.3) is 5.69 Å². The summed E-state index contributed by atoms with van der Waals surface area (Å²) in [6, 6.07) is 17.0. The van der Waals surface area contributed by atoms with Gasteiger partial charge in [0.15, 0.2) is 10.8 Å². The fraction of sp³-hybridized carbons (Fsp3) is 0.345. The van der Waals surface area contributed by atoms with Gasteiger partial charge in [0, 0.05) is 37.2 Å². The number of benzene rings is 2. The maximum Gasteiger partial charge on any atom is 0.357 e. The van der Waals surface area contributed by atoms with E-state index in [1.165, 1.54) is 16.0 Å². The first kappa shape index (κ1) is 28.2. The quantitative estimate of drug-likeness (QED) is 0.300. The molecule has 0 spiro atoms. The lowest BCUT2D eigenvalue weighted by atomic mass is 10.0. The summed E-state index contributed by atoms with van der Waals surface area (Å²) in [5.74, 6) is -0.711. The van der Waals surface area contributed by atoms with Crippen LogP contribution in [-0.4, -0.2) is 68.9 Å². The molecule has 1 saturated heterocycles. The van der Waals surface area contributed by atoms with E-state index in [-0.39, 0.29) is 29.9 Å².